The maximum absolute atomic E-state index is 11.4. The molecular formula is C13H18O. The van der Waals surface area contributed by atoms with E-state index in [0.717, 1.165) is 12.0 Å². The third kappa shape index (κ3) is 4.61. The van der Waals surface area contributed by atoms with E-state index in [9.17, 15) is 4.79 Å². The lowest BCUT2D eigenvalue weighted by molar-refractivity contribution is 0.0983. The average molecular weight is 190 g/mol. The van der Waals surface area contributed by atoms with E-state index >= 15 is 0 Å². The van der Waals surface area contributed by atoms with E-state index in [-0.39, 0.29) is 5.78 Å². The van der Waals surface area contributed by atoms with Gasteiger partial charge in [-0.3, -0.25) is 4.79 Å². The number of hydrogen-bond acceptors (Lipinski definition) is 1. The van der Waals surface area contributed by atoms with Gasteiger partial charge in [0.2, 0.25) is 0 Å². The Kier molecular flexibility index (Phi) is 7.43. The molecule has 0 unspecified atom stereocenters. The largest absolute Gasteiger partial charge is 0.294 e. The van der Waals surface area contributed by atoms with Crippen molar-refractivity contribution >= 4 is 5.78 Å². The molecule has 0 saturated carbocycles. The van der Waals surface area contributed by atoms with Gasteiger partial charge in [0.1, 0.15) is 0 Å². The number of allylic oxidation sites excluding steroid dienone is 1. The van der Waals surface area contributed by atoms with Gasteiger partial charge in [0.05, 0.1) is 0 Å². The van der Waals surface area contributed by atoms with Crippen LogP contribution in [0.1, 0.15) is 37.0 Å². The highest BCUT2D eigenvalue weighted by atomic mass is 16.1. The zero-order valence-corrected chi connectivity index (χ0v) is 8.99. The molecule has 0 aliphatic rings. The molecule has 0 N–H and O–H groups in total. The zero-order chi connectivity index (χ0) is 10.8. The van der Waals surface area contributed by atoms with Crippen LogP contribution < -0.4 is 0 Å². The van der Waals surface area contributed by atoms with Crippen LogP contribution in [0, 0.1) is 0 Å². The molecule has 1 heteroatoms. The van der Waals surface area contributed by atoms with Gasteiger partial charge in [-0.1, -0.05) is 50.3 Å². The standard InChI is InChI=1S/C11H12O.C2H6/c1-2-3-9-11(12)10-7-5-4-6-8-10;1-2/h2,4-8H,1,3,9H2;1-2H3. The Morgan fingerprint density at radius 1 is 1.29 bits per heavy atom. The number of Topliss-reactive ketones (excluding diaryl/α,β-unsaturated/α-hetero) is 1. The second-order valence-electron chi connectivity index (χ2n) is 2.62. The van der Waals surface area contributed by atoms with Gasteiger partial charge in [0.25, 0.3) is 0 Å². The fourth-order valence-electron chi connectivity index (χ4n) is 1.00. The van der Waals surface area contributed by atoms with Crippen molar-refractivity contribution in [1.82, 2.24) is 0 Å². The van der Waals surface area contributed by atoms with Crippen molar-refractivity contribution in [3.05, 3.63) is 48.6 Å². The lowest BCUT2D eigenvalue weighted by Crippen LogP contribution is -1.96. The van der Waals surface area contributed by atoms with E-state index in [1.54, 1.807) is 6.08 Å². The molecule has 0 aliphatic heterocycles. The molecule has 76 valence electrons. The molecule has 14 heavy (non-hydrogen) atoms. The van der Waals surface area contributed by atoms with E-state index in [4.69, 9.17) is 0 Å². The lowest BCUT2D eigenvalue weighted by Gasteiger charge is -1.96. The molecular weight excluding hydrogens is 172 g/mol. The normalized spacial score (nSPS) is 8.43. The molecule has 0 fully saturated rings. The van der Waals surface area contributed by atoms with E-state index in [0.29, 0.717) is 6.42 Å². The van der Waals surface area contributed by atoms with Crippen molar-refractivity contribution in [3.8, 4) is 0 Å². The molecule has 1 aromatic carbocycles. The Bertz CT molecular complexity index is 262. The van der Waals surface area contributed by atoms with Gasteiger partial charge in [-0.25, -0.2) is 0 Å². The molecule has 0 bridgehead atoms. The lowest BCUT2D eigenvalue weighted by atomic mass is 10.1. The summed E-state index contributed by atoms with van der Waals surface area (Å²) < 4.78 is 0. The number of carbonyl (C=O) groups is 1. The number of carbonyl (C=O) groups excluding carboxylic acids is 1. The molecule has 0 spiro atoms. The van der Waals surface area contributed by atoms with Gasteiger partial charge < -0.3 is 0 Å². The number of hydrogen-bond donors (Lipinski definition) is 0. The fourth-order valence-corrected chi connectivity index (χ4v) is 1.00. The van der Waals surface area contributed by atoms with Crippen LogP contribution in [0.15, 0.2) is 43.0 Å². The second kappa shape index (κ2) is 8.24. The van der Waals surface area contributed by atoms with Crippen LogP contribution in [-0.4, -0.2) is 5.78 Å². The van der Waals surface area contributed by atoms with Gasteiger partial charge in [0, 0.05) is 12.0 Å². The van der Waals surface area contributed by atoms with Crippen LogP contribution in [-0.2, 0) is 0 Å². The summed E-state index contributed by atoms with van der Waals surface area (Å²) >= 11 is 0. The van der Waals surface area contributed by atoms with Crippen LogP contribution in [0.3, 0.4) is 0 Å². The van der Waals surface area contributed by atoms with E-state index in [1.807, 2.05) is 44.2 Å². The molecule has 1 aromatic rings. The average Bonchev–Trinajstić information content (AvgIpc) is 2.30. The van der Waals surface area contributed by atoms with Crippen LogP contribution in [0.4, 0.5) is 0 Å². The highest BCUT2D eigenvalue weighted by Crippen LogP contribution is 2.04. The van der Waals surface area contributed by atoms with Crippen molar-refractivity contribution in [2.24, 2.45) is 0 Å². The van der Waals surface area contributed by atoms with Crippen LogP contribution in [0.2, 0.25) is 0 Å². The summed E-state index contributed by atoms with van der Waals surface area (Å²) in [7, 11) is 0. The molecule has 0 saturated heterocycles. The zero-order valence-electron chi connectivity index (χ0n) is 8.99. The third-order valence-electron chi connectivity index (χ3n) is 1.67. The minimum absolute atomic E-state index is 0.190. The van der Waals surface area contributed by atoms with Crippen molar-refractivity contribution in [3.63, 3.8) is 0 Å². The maximum atomic E-state index is 11.4. The van der Waals surface area contributed by atoms with Crippen molar-refractivity contribution in [2.75, 3.05) is 0 Å². The summed E-state index contributed by atoms with van der Waals surface area (Å²) in [5.41, 5.74) is 0.791. The minimum atomic E-state index is 0.190. The van der Waals surface area contributed by atoms with Gasteiger partial charge in [-0.2, -0.15) is 0 Å². The number of benzene rings is 1. The highest BCUT2D eigenvalue weighted by molar-refractivity contribution is 5.96. The smallest absolute Gasteiger partial charge is 0.163 e. The van der Waals surface area contributed by atoms with Gasteiger partial charge in [-0.15, -0.1) is 6.58 Å². The van der Waals surface area contributed by atoms with Crippen LogP contribution >= 0.6 is 0 Å². The summed E-state index contributed by atoms with van der Waals surface area (Å²) in [5, 5.41) is 0. The minimum Gasteiger partial charge on any atom is -0.294 e. The molecule has 1 rings (SSSR count). The summed E-state index contributed by atoms with van der Waals surface area (Å²) in [6, 6.07) is 9.34. The van der Waals surface area contributed by atoms with E-state index in [2.05, 4.69) is 6.58 Å². The maximum Gasteiger partial charge on any atom is 0.163 e. The fraction of sp³-hybridized carbons (Fsp3) is 0.308. The monoisotopic (exact) mass is 190 g/mol. The molecule has 0 aliphatic carbocycles. The predicted octanol–water partition coefficient (Wildman–Crippen LogP) is 3.86. The SMILES string of the molecule is C=CCCC(=O)c1ccccc1.CC. The first-order chi connectivity index (χ1) is 6.84. The Labute approximate surface area is 86.5 Å². The molecule has 1 nitrogen and oxygen atoms in total. The van der Waals surface area contributed by atoms with Gasteiger partial charge >= 0.3 is 0 Å². The van der Waals surface area contributed by atoms with Crippen molar-refractivity contribution in [2.45, 2.75) is 26.7 Å². The summed E-state index contributed by atoms with van der Waals surface area (Å²) in [6.07, 6.45) is 3.09. The summed E-state index contributed by atoms with van der Waals surface area (Å²) in [5.74, 6) is 0.190. The van der Waals surface area contributed by atoms with Gasteiger partial charge in [0.15, 0.2) is 5.78 Å². The third-order valence-corrected chi connectivity index (χ3v) is 1.67. The quantitative estimate of drug-likeness (QED) is 0.520. The number of rotatable bonds is 4. The first-order valence-corrected chi connectivity index (χ1v) is 5.03. The van der Waals surface area contributed by atoms with Crippen LogP contribution in [0.25, 0.3) is 0 Å². The topological polar surface area (TPSA) is 17.1 Å². The Morgan fingerprint density at radius 3 is 2.36 bits per heavy atom. The second-order valence-corrected chi connectivity index (χ2v) is 2.62. The first kappa shape index (κ1) is 12.6. The van der Waals surface area contributed by atoms with Crippen LogP contribution in [0.5, 0.6) is 0 Å². The molecule has 0 atom stereocenters. The summed E-state index contributed by atoms with van der Waals surface area (Å²) in [6.45, 7) is 7.57. The molecule has 0 radical (unpaired) electrons. The van der Waals surface area contributed by atoms with Gasteiger partial charge in [-0.05, 0) is 6.42 Å². The Balaban J connectivity index is 0.000000791. The highest BCUT2D eigenvalue weighted by Gasteiger charge is 2.01. The Hall–Kier alpha value is -1.37. The van der Waals surface area contributed by atoms with E-state index in [1.165, 1.54) is 0 Å². The number of ketones is 1. The van der Waals surface area contributed by atoms with Crippen molar-refractivity contribution < 1.29 is 4.79 Å². The van der Waals surface area contributed by atoms with Crippen molar-refractivity contribution in [1.29, 1.82) is 0 Å². The molecule has 0 aromatic heterocycles. The first-order valence-electron chi connectivity index (χ1n) is 5.03. The molecule has 0 amide bonds. The van der Waals surface area contributed by atoms with E-state index < -0.39 is 0 Å². The molecule has 0 heterocycles. The Morgan fingerprint density at radius 2 is 1.86 bits per heavy atom. The predicted molar refractivity (Wildman–Crippen MR) is 61.6 cm³/mol. The summed E-state index contributed by atoms with van der Waals surface area (Å²) in [4.78, 5) is 11.4.